The summed E-state index contributed by atoms with van der Waals surface area (Å²) in [6, 6.07) is 9.34. The summed E-state index contributed by atoms with van der Waals surface area (Å²) in [6.07, 6.45) is 4.10. The van der Waals surface area contributed by atoms with E-state index in [0.29, 0.717) is 18.4 Å². The zero-order valence-corrected chi connectivity index (χ0v) is 15.8. The van der Waals surface area contributed by atoms with Gasteiger partial charge in [-0.1, -0.05) is 18.6 Å². The molecule has 2 aliphatic rings. The molecule has 0 bridgehead atoms. The summed E-state index contributed by atoms with van der Waals surface area (Å²) < 4.78 is 13.5. The van der Waals surface area contributed by atoms with E-state index in [-0.39, 0.29) is 11.7 Å². The fraction of sp³-hybridized carbons (Fsp3) is 0.476. The third kappa shape index (κ3) is 3.99. The van der Waals surface area contributed by atoms with Crippen molar-refractivity contribution in [2.24, 2.45) is 5.92 Å². The Bertz CT molecular complexity index is 748. The minimum Gasteiger partial charge on any atom is -0.340 e. The summed E-state index contributed by atoms with van der Waals surface area (Å²) in [5.41, 5.74) is 2.14. The molecule has 1 aromatic heterocycles. The summed E-state index contributed by atoms with van der Waals surface area (Å²) in [7, 11) is 0. The molecule has 2 aliphatic heterocycles. The van der Waals surface area contributed by atoms with Crippen LogP contribution in [0.3, 0.4) is 0 Å². The van der Waals surface area contributed by atoms with E-state index in [2.05, 4.69) is 15.2 Å². The van der Waals surface area contributed by atoms with Crippen molar-refractivity contribution in [3.8, 4) is 0 Å². The normalized spacial score (nSPS) is 23.7. The molecule has 0 N–H and O–H groups in total. The molecule has 1 aromatic carbocycles. The van der Waals surface area contributed by atoms with Gasteiger partial charge in [-0.25, -0.2) is 4.39 Å². The van der Waals surface area contributed by atoms with Gasteiger partial charge in [0.1, 0.15) is 5.82 Å². The van der Waals surface area contributed by atoms with E-state index in [1.54, 1.807) is 23.5 Å². The first-order chi connectivity index (χ1) is 12.7. The fourth-order valence-corrected chi connectivity index (χ4v) is 5.06. The van der Waals surface area contributed by atoms with E-state index in [0.717, 1.165) is 37.3 Å². The molecule has 2 fully saturated rings. The van der Waals surface area contributed by atoms with Crippen molar-refractivity contribution in [2.75, 3.05) is 19.6 Å². The maximum Gasteiger partial charge on any atom is 0.227 e. The number of amides is 1. The lowest BCUT2D eigenvalue weighted by Crippen LogP contribution is -2.40. The summed E-state index contributed by atoms with van der Waals surface area (Å²) >= 11 is 1.64. The first-order valence-electron chi connectivity index (χ1n) is 9.46. The Morgan fingerprint density at radius 3 is 2.92 bits per heavy atom. The zero-order chi connectivity index (χ0) is 17.9. The molecule has 5 heteroatoms. The van der Waals surface area contributed by atoms with Gasteiger partial charge in [0.05, 0.1) is 6.42 Å². The largest absolute Gasteiger partial charge is 0.340 e. The molecular formula is C21H25FN2OS. The van der Waals surface area contributed by atoms with Gasteiger partial charge in [0.25, 0.3) is 0 Å². The van der Waals surface area contributed by atoms with Crippen molar-refractivity contribution < 1.29 is 9.18 Å². The van der Waals surface area contributed by atoms with Crippen molar-refractivity contribution in [1.82, 2.24) is 9.80 Å². The van der Waals surface area contributed by atoms with E-state index in [9.17, 15) is 9.18 Å². The van der Waals surface area contributed by atoms with Crippen LogP contribution >= 0.6 is 11.3 Å². The Morgan fingerprint density at radius 2 is 2.12 bits per heavy atom. The minimum atomic E-state index is -0.173. The average molecular weight is 373 g/mol. The van der Waals surface area contributed by atoms with Crippen LogP contribution in [0.4, 0.5) is 4.39 Å². The minimum absolute atomic E-state index is 0.173. The van der Waals surface area contributed by atoms with Gasteiger partial charge in [-0.3, -0.25) is 9.69 Å². The highest BCUT2D eigenvalue weighted by molar-refractivity contribution is 7.08. The second kappa shape index (κ2) is 7.89. The lowest BCUT2D eigenvalue weighted by molar-refractivity contribution is -0.129. The Balaban J connectivity index is 1.45. The number of hydrogen-bond donors (Lipinski definition) is 0. The Kier molecular flexibility index (Phi) is 5.36. The summed E-state index contributed by atoms with van der Waals surface area (Å²) in [4.78, 5) is 17.2. The second-order valence-electron chi connectivity index (χ2n) is 7.53. The number of thiophene rings is 1. The Labute approximate surface area is 158 Å². The van der Waals surface area contributed by atoms with Gasteiger partial charge in [-0.05, 0) is 65.4 Å². The van der Waals surface area contributed by atoms with Gasteiger partial charge in [0.15, 0.2) is 0 Å². The maximum absolute atomic E-state index is 13.5. The molecule has 2 aromatic rings. The molecular weight excluding hydrogens is 347 g/mol. The Hall–Kier alpha value is -1.72. The number of likely N-dealkylation sites (tertiary alicyclic amines) is 2. The lowest BCUT2D eigenvalue weighted by Gasteiger charge is -2.30. The van der Waals surface area contributed by atoms with Crippen LogP contribution < -0.4 is 0 Å². The highest BCUT2D eigenvalue weighted by Crippen LogP contribution is 2.31. The van der Waals surface area contributed by atoms with Gasteiger partial charge >= 0.3 is 0 Å². The molecule has 2 atom stereocenters. The summed E-state index contributed by atoms with van der Waals surface area (Å²) in [6.45, 7) is 3.48. The highest BCUT2D eigenvalue weighted by Gasteiger charge is 2.39. The lowest BCUT2D eigenvalue weighted by atomic mass is 9.98. The maximum atomic E-state index is 13.5. The predicted molar refractivity (Wildman–Crippen MR) is 103 cm³/mol. The van der Waals surface area contributed by atoms with Crippen LogP contribution in [-0.4, -0.2) is 41.4 Å². The van der Waals surface area contributed by atoms with Crippen LogP contribution in [0.15, 0.2) is 41.1 Å². The first kappa shape index (κ1) is 17.7. The molecule has 0 saturated carbocycles. The van der Waals surface area contributed by atoms with E-state index in [1.165, 1.54) is 25.3 Å². The first-order valence-corrected chi connectivity index (χ1v) is 10.4. The van der Waals surface area contributed by atoms with Crippen LogP contribution in [0.25, 0.3) is 0 Å². The van der Waals surface area contributed by atoms with Crippen LogP contribution in [-0.2, 0) is 17.8 Å². The van der Waals surface area contributed by atoms with Crippen LogP contribution in [0.5, 0.6) is 0 Å². The molecule has 26 heavy (non-hydrogen) atoms. The molecule has 3 nitrogen and oxygen atoms in total. The molecule has 2 saturated heterocycles. The van der Waals surface area contributed by atoms with E-state index >= 15 is 0 Å². The second-order valence-corrected chi connectivity index (χ2v) is 8.31. The third-order valence-electron chi connectivity index (χ3n) is 5.71. The van der Waals surface area contributed by atoms with Gasteiger partial charge in [0, 0.05) is 25.7 Å². The monoisotopic (exact) mass is 372 g/mol. The van der Waals surface area contributed by atoms with Crippen LogP contribution in [0.2, 0.25) is 0 Å². The standard InChI is InChI=1S/C21H25FN2OS/c22-19-6-3-4-16(10-19)12-23-8-2-1-5-18-13-24(14-20(18)23)21(25)11-17-7-9-26-15-17/h3-4,6-7,9-10,15,18,20H,1-2,5,8,11-14H2/t18-,20+/m0/s1. The van der Waals surface area contributed by atoms with Crippen molar-refractivity contribution in [3.63, 3.8) is 0 Å². The van der Waals surface area contributed by atoms with E-state index < -0.39 is 0 Å². The predicted octanol–water partition coefficient (Wildman–Crippen LogP) is 3.94. The molecule has 0 radical (unpaired) electrons. The molecule has 138 valence electrons. The molecule has 4 rings (SSSR count). The highest BCUT2D eigenvalue weighted by atomic mass is 32.1. The smallest absolute Gasteiger partial charge is 0.227 e. The third-order valence-corrected chi connectivity index (χ3v) is 6.44. The van der Waals surface area contributed by atoms with Crippen molar-refractivity contribution in [3.05, 3.63) is 58.0 Å². The Morgan fingerprint density at radius 1 is 1.19 bits per heavy atom. The van der Waals surface area contributed by atoms with Gasteiger partial charge in [-0.15, -0.1) is 0 Å². The van der Waals surface area contributed by atoms with Gasteiger partial charge in [-0.2, -0.15) is 11.3 Å². The number of hydrogen-bond acceptors (Lipinski definition) is 3. The SMILES string of the molecule is O=C(Cc1ccsc1)N1C[C@@H]2CCCCN(Cc3cccc(F)c3)[C@@H]2C1. The number of fused-ring (bicyclic) bond motifs is 1. The number of halogens is 1. The van der Waals surface area contributed by atoms with Crippen molar-refractivity contribution in [2.45, 2.75) is 38.3 Å². The van der Waals surface area contributed by atoms with Crippen LogP contribution in [0.1, 0.15) is 30.4 Å². The molecule has 0 aliphatic carbocycles. The molecule has 0 spiro atoms. The number of carbonyl (C=O) groups is 1. The number of carbonyl (C=O) groups excluding carboxylic acids is 1. The van der Waals surface area contributed by atoms with Crippen molar-refractivity contribution >= 4 is 17.2 Å². The van der Waals surface area contributed by atoms with Crippen molar-refractivity contribution in [1.29, 1.82) is 0 Å². The molecule has 1 amide bonds. The number of nitrogens with zero attached hydrogens (tertiary/aromatic N) is 2. The fourth-order valence-electron chi connectivity index (χ4n) is 4.39. The number of benzene rings is 1. The quantitative estimate of drug-likeness (QED) is 0.812. The van der Waals surface area contributed by atoms with Crippen LogP contribution in [0, 0.1) is 11.7 Å². The zero-order valence-electron chi connectivity index (χ0n) is 14.9. The summed E-state index contributed by atoms with van der Waals surface area (Å²) in [5.74, 6) is 0.604. The average Bonchev–Trinajstić information content (AvgIpc) is 3.24. The molecule has 0 unspecified atom stereocenters. The van der Waals surface area contributed by atoms with E-state index in [1.807, 2.05) is 17.5 Å². The topological polar surface area (TPSA) is 23.6 Å². The van der Waals surface area contributed by atoms with Gasteiger partial charge in [0.2, 0.25) is 5.91 Å². The molecule has 3 heterocycles. The number of rotatable bonds is 4. The van der Waals surface area contributed by atoms with E-state index in [4.69, 9.17) is 0 Å². The summed E-state index contributed by atoms with van der Waals surface area (Å²) in [5, 5.41) is 4.08. The van der Waals surface area contributed by atoms with Gasteiger partial charge < -0.3 is 4.90 Å².